The first-order chi connectivity index (χ1) is 32.6. The van der Waals surface area contributed by atoms with Crippen LogP contribution in [-0.2, 0) is 37.4 Å². The molecule has 4 aromatic rings. The van der Waals surface area contributed by atoms with Crippen LogP contribution >= 0.6 is 0 Å². The zero-order valence-corrected chi connectivity index (χ0v) is 41.0. The predicted octanol–water partition coefficient (Wildman–Crippen LogP) is 9.35. The number of ether oxygens (including phenoxy) is 2. The molecule has 1 saturated carbocycles. The molecule has 1 aromatic heterocycles. The molecule has 1 spiro atoms. The fourth-order valence-electron chi connectivity index (χ4n) is 11.8. The van der Waals surface area contributed by atoms with Gasteiger partial charge in [-0.2, -0.15) is 0 Å². The maximum absolute atomic E-state index is 14.0. The van der Waals surface area contributed by atoms with E-state index in [9.17, 15) is 19.2 Å². The molecule has 14 heteroatoms. The third-order valence-electron chi connectivity index (χ3n) is 15.5. The number of carbonyl (C=O) groups is 4. The van der Waals surface area contributed by atoms with Crippen molar-refractivity contribution in [1.29, 1.82) is 0 Å². The number of nitrogens with one attached hydrogen (secondary N) is 4. The largest absolute Gasteiger partial charge is 0.453 e. The van der Waals surface area contributed by atoms with Crippen molar-refractivity contribution >= 4 is 35.5 Å². The molecule has 3 aromatic carbocycles. The molecule has 0 bridgehead atoms. The molecule has 4 amide bonds. The second-order valence-electron chi connectivity index (χ2n) is 21.0. The highest BCUT2D eigenvalue weighted by Gasteiger charge is 2.44. The van der Waals surface area contributed by atoms with Crippen molar-refractivity contribution in [3.63, 3.8) is 0 Å². The highest BCUT2D eigenvalue weighted by molar-refractivity contribution is 5.98. The lowest BCUT2D eigenvalue weighted by Crippen LogP contribution is -2.57. The van der Waals surface area contributed by atoms with Crippen LogP contribution in [0, 0.1) is 17.3 Å². The lowest BCUT2D eigenvalue weighted by molar-refractivity contribution is -0.135. The summed E-state index contributed by atoms with van der Waals surface area (Å²) in [6, 6.07) is 18.3. The number of aromatic amines is 1. The van der Waals surface area contributed by atoms with Crippen molar-refractivity contribution in [2.24, 2.45) is 22.2 Å². The van der Waals surface area contributed by atoms with E-state index in [1.165, 1.54) is 67.7 Å². The van der Waals surface area contributed by atoms with Crippen LogP contribution in [0.2, 0.25) is 0 Å². The van der Waals surface area contributed by atoms with Gasteiger partial charge in [-0.3, -0.25) is 9.59 Å². The fraction of sp³-hybridized carbons (Fsp3) is 0.519. The first kappa shape index (κ1) is 46.9. The lowest BCUT2D eigenvalue weighted by atomic mass is 9.82. The van der Waals surface area contributed by atoms with Crippen LogP contribution in [0.5, 0.6) is 0 Å². The van der Waals surface area contributed by atoms with Gasteiger partial charge in [0.2, 0.25) is 11.8 Å². The summed E-state index contributed by atoms with van der Waals surface area (Å²) < 4.78 is 9.68. The number of alkyl carbamates (subject to hydrolysis) is 2. The molecule has 0 radical (unpaired) electrons. The summed E-state index contributed by atoms with van der Waals surface area (Å²) in [5.74, 6) is 1.06. The molecule has 4 N–H and O–H groups in total. The van der Waals surface area contributed by atoms with Gasteiger partial charge in [0, 0.05) is 18.7 Å². The van der Waals surface area contributed by atoms with E-state index in [0.29, 0.717) is 13.1 Å². The van der Waals surface area contributed by atoms with Gasteiger partial charge in [0.05, 0.1) is 49.4 Å². The molecule has 9 rings (SSSR count). The van der Waals surface area contributed by atoms with Gasteiger partial charge in [-0.25, -0.2) is 19.6 Å². The Kier molecular flexibility index (Phi) is 12.9. The molecule has 4 unspecified atom stereocenters. The van der Waals surface area contributed by atoms with Crippen molar-refractivity contribution in [1.82, 2.24) is 35.7 Å². The Morgan fingerprint density at radius 2 is 1.24 bits per heavy atom. The van der Waals surface area contributed by atoms with Crippen LogP contribution in [0.25, 0.3) is 33.5 Å². The highest BCUT2D eigenvalue weighted by atomic mass is 16.5. The minimum atomic E-state index is -0.702. The van der Waals surface area contributed by atoms with E-state index in [1.807, 2.05) is 43.7 Å². The second kappa shape index (κ2) is 18.7. The Balaban J connectivity index is 0.989. The van der Waals surface area contributed by atoms with Gasteiger partial charge in [-0.1, -0.05) is 89.1 Å². The van der Waals surface area contributed by atoms with Gasteiger partial charge in [-0.05, 0) is 127 Å². The molecule has 14 nitrogen and oxygen atoms in total. The van der Waals surface area contributed by atoms with E-state index >= 15 is 0 Å². The number of amidine groups is 1. The van der Waals surface area contributed by atoms with Crippen LogP contribution in [0.1, 0.15) is 121 Å². The third kappa shape index (κ3) is 8.86. The average molecular weight is 925 g/mol. The molecule has 3 fully saturated rings. The molecule has 360 valence electrons. The van der Waals surface area contributed by atoms with Gasteiger partial charge in [-0.15, -0.1) is 0 Å². The predicted molar refractivity (Wildman–Crippen MR) is 263 cm³/mol. The summed E-state index contributed by atoms with van der Waals surface area (Å²) in [6.45, 7) is 13.2. The highest BCUT2D eigenvalue weighted by Crippen LogP contribution is 2.53. The maximum Gasteiger partial charge on any atom is 0.407 e. The molecule has 2 aliphatic carbocycles. The van der Waals surface area contributed by atoms with Crippen LogP contribution in [0.15, 0.2) is 65.8 Å². The smallest absolute Gasteiger partial charge is 0.407 e. The molecule has 5 aliphatic rings. The minimum absolute atomic E-state index is 0.106. The number of carbonyl (C=O) groups excluding carboxylic acids is 4. The quantitative estimate of drug-likeness (QED) is 0.115. The number of hydrogen-bond donors (Lipinski definition) is 4. The van der Waals surface area contributed by atoms with Crippen LogP contribution in [0.4, 0.5) is 15.3 Å². The number of benzene rings is 3. The number of hydrogen-bond acceptors (Lipinski definition) is 9. The zero-order valence-electron chi connectivity index (χ0n) is 41.0. The molecule has 4 atom stereocenters. The topological polar surface area (TPSA) is 170 Å². The summed E-state index contributed by atoms with van der Waals surface area (Å²) in [5, 5.41) is 9.22. The Hall–Kier alpha value is -6.18. The fourth-order valence-corrected chi connectivity index (χ4v) is 11.8. The zero-order chi connectivity index (χ0) is 48.1. The van der Waals surface area contributed by atoms with Crippen LogP contribution in [-0.4, -0.2) is 95.0 Å². The Labute approximate surface area is 400 Å². The number of aliphatic imine (C=N–C) groups is 1. The summed E-state index contributed by atoms with van der Waals surface area (Å²) in [5.41, 5.74) is 11.5. The standard InChI is InChI=1S/C54H68N8O6/c1-31(2)45(58-51(65)67-7)49(63)61-25-11-13-43(61)47-55-30-42(57-47)34-17-15-33(16-18-34)36-20-21-37(39-29-54(28-38(36)39)23-9-10-24-54)35-19-22-40-41(27-35)56-48(60-53(40,5)6)44-14-12-26-62(44)50(64)46(32(3)4)59-52(66)68-8/h15-22,27,30-32,43-46H,9-14,23-26,28-29H2,1-8H3,(H,55,57)(H,56,60)(H,58,65)(H,59,66). The van der Waals surface area contributed by atoms with E-state index in [0.717, 1.165) is 78.3 Å². The number of methoxy groups -OCH3 is 2. The number of fused-ring (bicyclic) bond motifs is 2. The first-order valence-corrected chi connectivity index (χ1v) is 24.7. The van der Waals surface area contributed by atoms with E-state index < -0.39 is 29.8 Å². The molecule has 68 heavy (non-hydrogen) atoms. The monoisotopic (exact) mass is 925 g/mol. The lowest BCUT2D eigenvalue weighted by Gasteiger charge is -2.38. The maximum atomic E-state index is 14.0. The van der Waals surface area contributed by atoms with E-state index in [2.05, 4.69) is 89.4 Å². The van der Waals surface area contributed by atoms with Crippen molar-refractivity contribution in [3.05, 3.63) is 83.3 Å². The number of aromatic nitrogens is 2. The number of nitrogens with zero attached hydrogens (tertiary/aromatic N) is 4. The van der Waals surface area contributed by atoms with Gasteiger partial charge < -0.3 is 40.2 Å². The number of H-pyrrole nitrogens is 1. The third-order valence-corrected chi connectivity index (χ3v) is 15.5. The van der Waals surface area contributed by atoms with Gasteiger partial charge in [0.15, 0.2) is 0 Å². The number of rotatable bonds is 11. The molecular formula is C54H68N8O6. The molecular weight excluding hydrogens is 857 g/mol. The van der Waals surface area contributed by atoms with Crippen LogP contribution in [0.3, 0.4) is 0 Å². The Morgan fingerprint density at radius 3 is 1.81 bits per heavy atom. The van der Waals surface area contributed by atoms with Crippen LogP contribution < -0.4 is 16.0 Å². The minimum Gasteiger partial charge on any atom is -0.453 e. The number of amides is 4. The first-order valence-electron chi connectivity index (χ1n) is 24.7. The van der Waals surface area contributed by atoms with E-state index in [4.69, 9.17) is 19.5 Å². The van der Waals surface area contributed by atoms with Crippen molar-refractivity contribution < 1.29 is 28.7 Å². The molecule has 4 heterocycles. The summed E-state index contributed by atoms with van der Waals surface area (Å²) in [6.07, 6.45) is 11.1. The Bertz CT molecular complexity index is 2610. The van der Waals surface area contributed by atoms with E-state index in [-0.39, 0.29) is 41.1 Å². The Morgan fingerprint density at radius 1 is 0.706 bits per heavy atom. The number of likely N-dealkylation sites (tertiary alicyclic amines) is 2. The second-order valence-corrected chi connectivity index (χ2v) is 21.0. The van der Waals surface area contributed by atoms with Crippen molar-refractivity contribution in [2.45, 2.75) is 135 Å². The summed E-state index contributed by atoms with van der Waals surface area (Å²) in [7, 11) is 2.62. The van der Waals surface area contributed by atoms with Crippen molar-refractivity contribution in [2.75, 3.05) is 27.3 Å². The van der Waals surface area contributed by atoms with Gasteiger partial charge in [0.1, 0.15) is 23.7 Å². The summed E-state index contributed by atoms with van der Waals surface area (Å²) >= 11 is 0. The van der Waals surface area contributed by atoms with Crippen molar-refractivity contribution in [3.8, 4) is 33.5 Å². The summed E-state index contributed by atoms with van der Waals surface area (Å²) in [4.78, 5) is 69.5. The van der Waals surface area contributed by atoms with Gasteiger partial charge in [0.25, 0.3) is 0 Å². The van der Waals surface area contributed by atoms with E-state index in [1.54, 1.807) is 0 Å². The number of imidazole rings is 1. The molecule has 3 aliphatic heterocycles. The molecule has 2 saturated heterocycles. The normalized spacial score (nSPS) is 21.0. The van der Waals surface area contributed by atoms with Gasteiger partial charge >= 0.3 is 12.2 Å². The SMILES string of the molecule is COC(=O)NC(C(=O)N1CCCC1C1=Nc2cc(-c3ccc(-c4ccc(-c5cnc(C6CCCN6C(=O)C(NC(=O)OC)C(C)C)[nH]5)cc4)c4c3CC3(CCCC3)C4)ccc2C(C)(C)N1)C(C)C. The average Bonchev–Trinajstić information content (AvgIpc) is 4.19.